The van der Waals surface area contributed by atoms with E-state index in [4.69, 9.17) is 11.6 Å². The van der Waals surface area contributed by atoms with Gasteiger partial charge in [-0.3, -0.25) is 9.78 Å². The number of H-pyrrole nitrogens is 1. The van der Waals surface area contributed by atoms with Gasteiger partial charge in [0.05, 0.1) is 3.57 Å². The molecule has 1 N–H and O–H groups in total. The van der Waals surface area contributed by atoms with Crippen molar-refractivity contribution in [2.24, 2.45) is 0 Å². The first-order chi connectivity index (χ1) is 6.29. The van der Waals surface area contributed by atoms with E-state index in [0.717, 1.165) is 6.07 Å². The van der Waals surface area contributed by atoms with Crippen LogP contribution in [-0.4, -0.2) is 11.3 Å². The molecule has 0 saturated heterocycles. The number of aromatic amines is 1. The van der Waals surface area contributed by atoms with Crippen LogP contribution in [0.3, 0.4) is 0 Å². The summed E-state index contributed by atoms with van der Waals surface area (Å²) in [7, 11) is 0. The van der Waals surface area contributed by atoms with Crippen molar-refractivity contribution in [1.82, 2.24) is 4.98 Å². The third kappa shape index (κ3) is 3.05. The Labute approximate surface area is 94.4 Å². The second kappa shape index (κ2) is 3.97. The SMILES string of the molecule is O=c1[nH]c(OC(F)(F)F)c(Cl)cc1I. The van der Waals surface area contributed by atoms with Crippen molar-refractivity contribution in [3.63, 3.8) is 0 Å². The zero-order valence-electron chi connectivity index (χ0n) is 6.28. The molecule has 0 amide bonds. The highest BCUT2D eigenvalue weighted by atomic mass is 127. The van der Waals surface area contributed by atoms with Crippen LogP contribution >= 0.6 is 34.2 Å². The van der Waals surface area contributed by atoms with Crippen molar-refractivity contribution < 1.29 is 17.9 Å². The maximum absolute atomic E-state index is 11.7. The van der Waals surface area contributed by atoms with E-state index in [0.29, 0.717) is 0 Å². The van der Waals surface area contributed by atoms with Gasteiger partial charge in [0.25, 0.3) is 5.56 Å². The van der Waals surface area contributed by atoms with Gasteiger partial charge in [-0.25, -0.2) is 0 Å². The Morgan fingerprint density at radius 1 is 1.50 bits per heavy atom. The molecule has 0 saturated carbocycles. The Morgan fingerprint density at radius 3 is 2.57 bits per heavy atom. The zero-order chi connectivity index (χ0) is 10.9. The van der Waals surface area contributed by atoms with Crippen molar-refractivity contribution in [2.75, 3.05) is 0 Å². The highest BCUT2D eigenvalue weighted by molar-refractivity contribution is 14.1. The highest BCUT2D eigenvalue weighted by Gasteiger charge is 2.32. The number of hydrogen-bond acceptors (Lipinski definition) is 2. The molecular formula is C6H2ClF3INO2. The number of nitrogens with one attached hydrogen (secondary N) is 1. The number of halogens is 5. The van der Waals surface area contributed by atoms with Gasteiger partial charge in [0.1, 0.15) is 5.02 Å². The van der Waals surface area contributed by atoms with Crippen LogP contribution in [-0.2, 0) is 0 Å². The molecule has 8 heteroatoms. The largest absolute Gasteiger partial charge is 0.574 e. The van der Waals surface area contributed by atoms with Gasteiger partial charge in [0.2, 0.25) is 5.88 Å². The monoisotopic (exact) mass is 339 g/mol. The molecule has 1 rings (SSSR count). The molecule has 1 aromatic rings. The Kier molecular flexibility index (Phi) is 3.30. The topological polar surface area (TPSA) is 42.1 Å². The van der Waals surface area contributed by atoms with Crippen molar-refractivity contribution in [3.8, 4) is 5.88 Å². The van der Waals surface area contributed by atoms with Gasteiger partial charge in [-0.2, -0.15) is 0 Å². The van der Waals surface area contributed by atoms with Crippen LogP contribution in [0.15, 0.2) is 10.9 Å². The van der Waals surface area contributed by atoms with E-state index in [1.807, 2.05) is 4.98 Å². The molecule has 0 aromatic carbocycles. The second-order valence-electron chi connectivity index (χ2n) is 2.17. The van der Waals surface area contributed by atoms with Crippen molar-refractivity contribution >= 4 is 34.2 Å². The molecule has 78 valence electrons. The van der Waals surface area contributed by atoms with Gasteiger partial charge in [-0.1, -0.05) is 11.6 Å². The molecule has 1 heterocycles. The quantitative estimate of drug-likeness (QED) is 0.799. The summed E-state index contributed by atoms with van der Waals surface area (Å²) in [5.41, 5.74) is -0.686. The molecular weight excluding hydrogens is 337 g/mol. The molecule has 0 radical (unpaired) electrons. The van der Waals surface area contributed by atoms with Gasteiger partial charge in [0.15, 0.2) is 0 Å². The number of hydrogen-bond donors (Lipinski definition) is 1. The average Bonchev–Trinajstić information content (AvgIpc) is 1.97. The predicted molar refractivity (Wildman–Crippen MR) is 51.5 cm³/mol. The van der Waals surface area contributed by atoms with Gasteiger partial charge >= 0.3 is 6.36 Å². The van der Waals surface area contributed by atoms with E-state index in [1.54, 1.807) is 22.6 Å². The first kappa shape index (κ1) is 11.6. The maximum atomic E-state index is 11.7. The van der Waals surface area contributed by atoms with Crippen molar-refractivity contribution in [2.45, 2.75) is 6.36 Å². The molecule has 0 aliphatic carbocycles. The number of rotatable bonds is 1. The van der Waals surface area contributed by atoms with Crippen LogP contribution in [0.25, 0.3) is 0 Å². The molecule has 0 bridgehead atoms. The fourth-order valence-corrected chi connectivity index (χ4v) is 1.48. The average molecular weight is 339 g/mol. The van der Waals surface area contributed by atoms with Gasteiger partial charge in [0, 0.05) is 0 Å². The van der Waals surface area contributed by atoms with Crippen LogP contribution in [0.2, 0.25) is 5.02 Å². The molecule has 3 nitrogen and oxygen atoms in total. The second-order valence-corrected chi connectivity index (χ2v) is 3.74. The predicted octanol–water partition coefficient (Wildman–Crippen LogP) is 2.53. The summed E-state index contributed by atoms with van der Waals surface area (Å²) in [6.45, 7) is 0. The summed E-state index contributed by atoms with van der Waals surface area (Å²) >= 11 is 7.05. The Morgan fingerprint density at radius 2 is 2.07 bits per heavy atom. The minimum atomic E-state index is -4.88. The lowest BCUT2D eigenvalue weighted by atomic mass is 10.5. The van der Waals surface area contributed by atoms with E-state index in [9.17, 15) is 18.0 Å². The third-order valence-electron chi connectivity index (χ3n) is 1.13. The fraction of sp³-hybridized carbons (Fsp3) is 0.167. The van der Waals surface area contributed by atoms with Crippen LogP contribution in [0, 0.1) is 3.57 Å². The van der Waals surface area contributed by atoms with Crippen LogP contribution < -0.4 is 10.3 Å². The molecule has 14 heavy (non-hydrogen) atoms. The lowest BCUT2D eigenvalue weighted by Crippen LogP contribution is -2.21. The number of aromatic nitrogens is 1. The van der Waals surface area contributed by atoms with Gasteiger partial charge < -0.3 is 4.74 Å². The van der Waals surface area contributed by atoms with Crippen LogP contribution in [0.4, 0.5) is 13.2 Å². The molecule has 0 fully saturated rings. The van der Waals surface area contributed by atoms with Crippen molar-refractivity contribution in [3.05, 3.63) is 25.0 Å². The Bertz CT molecular complexity index is 403. The zero-order valence-corrected chi connectivity index (χ0v) is 9.20. The number of ether oxygens (including phenoxy) is 1. The minimum Gasteiger partial charge on any atom is -0.388 e. The molecule has 0 unspecified atom stereocenters. The summed E-state index contributed by atoms with van der Waals surface area (Å²) in [6.07, 6.45) is -4.88. The molecule has 0 atom stereocenters. The molecule has 0 spiro atoms. The molecule has 1 aromatic heterocycles. The lowest BCUT2D eigenvalue weighted by Gasteiger charge is -2.09. The van der Waals surface area contributed by atoms with Crippen LogP contribution in [0.1, 0.15) is 0 Å². The standard InChI is InChI=1S/C6H2ClF3INO2/c7-2-1-3(11)4(13)12-5(2)14-6(8,9)10/h1H,(H,12,13). The Balaban J connectivity index is 3.11. The fourth-order valence-electron chi connectivity index (χ4n) is 0.655. The van der Waals surface area contributed by atoms with E-state index < -0.39 is 17.8 Å². The van der Waals surface area contributed by atoms with E-state index in [1.165, 1.54) is 0 Å². The first-order valence-corrected chi connectivity index (χ1v) is 4.59. The van der Waals surface area contributed by atoms with Gasteiger partial charge in [-0.05, 0) is 28.7 Å². The van der Waals surface area contributed by atoms with E-state index in [-0.39, 0.29) is 8.59 Å². The maximum Gasteiger partial charge on any atom is 0.574 e. The normalized spacial score (nSPS) is 11.5. The summed E-state index contributed by atoms with van der Waals surface area (Å²) < 4.78 is 38.9. The smallest absolute Gasteiger partial charge is 0.388 e. The number of alkyl halides is 3. The summed E-state index contributed by atoms with van der Waals surface area (Å²) in [4.78, 5) is 12.8. The van der Waals surface area contributed by atoms with E-state index in [2.05, 4.69) is 4.74 Å². The third-order valence-corrected chi connectivity index (χ3v) is 2.21. The van der Waals surface area contributed by atoms with Gasteiger partial charge in [-0.15, -0.1) is 13.2 Å². The molecule has 0 aliphatic heterocycles. The highest BCUT2D eigenvalue weighted by Crippen LogP contribution is 2.27. The molecule has 0 aliphatic rings. The summed E-state index contributed by atoms with van der Waals surface area (Å²) in [5.74, 6) is -0.801. The summed E-state index contributed by atoms with van der Waals surface area (Å²) in [5, 5.41) is -0.300. The van der Waals surface area contributed by atoms with E-state index >= 15 is 0 Å². The Hall–Kier alpha value is -0.440. The van der Waals surface area contributed by atoms with Crippen LogP contribution in [0.5, 0.6) is 5.88 Å². The number of pyridine rings is 1. The summed E-state index contributed by atoms with van der Waals surface area (Å²) in [6, 6.07) is 1.09. The lowest BCUT2D eigenvalue weighted by molar-refractivity contribution is -0.276. The minimum absolute atomic E-state index is 0.183. The van der Waals surface area contributed by atoms with Crippen molar-refractivity contribution in [1.29, 1.82) is 0 Å². The first-order valence-electron chi connectivity index (χ1n) is 3.13.